The Morgan fingerprint density at radius 1 is 1.09 bits per heavy atom. The molecule has 1 atom stereocenters. The van der Waals surface area contributed by atoms with E-state index in [1.54, 1.807) is 29.2 Å². The van der Waals surface area contributed by atoms with E-state index in [2.05, 4.69) is 13.8 Å². The van der Waals surface area contributed by atoms with Crippen LogP contribution in [0.15, 0.2) is 54.1 Å². The Kier molecular flexibility index (Phi) is 7.92. The Hall–Kier alpha value is -3.12. The number of aliphatic hydroxyl groups excluding tert-OH is 1. The lowest BCUT2D eigenvalue weighted by molar-refractivity contribution is -0.139. The molecule has 6 heteroatoms. The number of ether oxygens (including phenoxy) is 1. The number of carbonyl (C=O) groups excluding carboxylic acids is 2. The molecule has 6 nitrogen and oxygen atoms in total. The number of benzene rings is 2. The first kappa shape index (κ1) is 24.5. The van der Waals surface area contributed by atoms with E-state index in [9.17, 15) is 14.7 Å². The van der Waals surface area contributed by atoms with Crippen LogP contribution in [0.3, 0.4) is 0 Å². The molecule has 33 heavy (non-hydrogen) atoms. The molecule has 0 radical (unpaired) electrons. The molecule has 1 saturated heterocycles. The zero-order valence-corrected chi connectivity index (χ0v) is 20.2. The Morgan fingerprint density at radius 2 is 1.76 bits per heavy atom. The normalized spacial score (nSPS) is 17.9. The van der Waals surface area contributed by atoms with Gasteiger partial charge in [0.1, 0.15) is 11.5 Å². The number of Topliss-reactive ketones (excluding diaryl/α,β-unsaturated/α-hetero) is 1. The van der Waals surface area contributed by atoms with Gasteiger partial charge in [-0.3, -0.25) is 9.59 Å². The highest BCUT2D eigenvalue weighted by atomic mass is 16.5. The third kappa shape index (κ3) is 5.63. The first-order chi connectivity index (χ1) is 15.7. The molecule has 2 aromatic carbocycles. The summed E-state index contributed by atoms with van der Waals surface area (Å²) in [5, 5.41) is 11.2. The largest absolute Gasteiger partial charge is 0.507 e. The van der Waals surface area contributed by atoms with Crippen molar-refractivity contribution in [2.75, 3.05) is 33.8 Å². The second-order valence-electron chi connectivity index (χ2n) is 9.24. The van der Waals surface area contributed by atoms with E-state index in [1.807, 2.05) is 50.2 Å². The number of nitrogens with zero attached hydrogens (tertiary/aromatic N) is 2. The first-order valence-electron chi connectivity index (χ1n) is 11.4. The summed E-state index contributed by atoms with van der Waals surface area (Å²) in [6.45, 7) is 7.92. The number of likely N-dealkylation sites (tertiary alicyclic amines) is 1. The first-order valence-corrected chi connectivity index (χ1v) is 11.4. The summed E-state index contributed by atoms with van der Waals surface area (Å²) in [6, 6.07) is 14.1. The number of hydrogen-bond donors (Lipinski definition) is 1. The molecule has 0 bridgehead atoms. The monoisotopic (exact) mass is 450 g/mol. The maximum atomic E-state index is 13.1. The van der Waals surface area contributed by atoms with E-state index in [1.165, 1.54) is 0 Å². The summed E-state index contributed by atoms with van der Waals surface area (Å²) in [4.78, 5) is 29.8. The molecule has 1 amide bonds. The molecule has 0 aliphatic carbocycles. The third-order valence-electron chi connectivity index (χ3n) is 5.74. The quantitative estimate of drug-likeness (QED) is 0.348. The maximum absolute atomic E-state index is 13.1. The number of ketones is 1. The molecule has 1 unspecified atom stereocenters. The summed E-state index contributed by atoms with van der Waals surface area (Å²) in [5.41, 5.74) is 2.43. The number of rotatable bonds is 9. The lowest BCUT2D eigenvalue weighted by Crippen LogP contribution is -2.32. The van der Waals surface area contributed by atoms with Crippen LogP contribution in [-0.4, -0.2) is 60.4 Å². The van der Waals surface area contributed by atoms with Gasteiger partial charge in [0.15, 0.2) is 0 Å². The Morgan fingerprint density at radius 3 is 2.36 bits per heavy atom. The third-order valence-corrected chi connectivity index (χ3v) is 5.74. The van der Waals surface area contributed by atoms with Crippen molar-refractivity contribution in [1.82, 2.24) is 9.80 Å². The summed E-state index contributed by atoms with van der Waals surface area (Å²) < 4.78 is 5.72. The summed E-state index contributed by atoms with van der Waals surface area (Å²) in [7, 11) is 3.95. The van der Waals surface area contributed by atoms with Gasteiger partial charge in [0.05, 0.1) is 18.2 Å². The molecule has 0 aromatic heterocycles. The predicted octanol–water partition coefficient (Wildman–Crippen LogP) is 4.40. The average molecular weight is 451 g/mol. The van der Waals surface area contributed by atoms with Crippen LogP contribution in [0.1, 0.15) is 43.0 Å². The molecule has 1 aliphatic heterocycles. The predicted molar refractivity (Wildman–Crippen MR) is 130 cm³/mol. The van der Waals surface area contributed by atoms with E-state index >= 15 is 0 Å². The Bertz CT molecular complexity index is 1020. The molecule has 1 aliphatic rings. The van der Waals surface area contributed by atoms with Crippen molar-refractivity contribution >= 4 is 17.4 Å². The van der Waals surface area contributed by atoms with Crippen LogP contribution in [0, 0.1) is 12.8 Å². The molecule has 3 rings (SSSR count). The van der Waals surface area contributed by atoms with Crippen LogP contribution >= 0.6 is 0 Å². The van der Waals surface area contributed by atoms with Gasteiger partial charge in [-0.2, -0.15) is 0 Å². The van der Waals surface area contributed by atoms with Gasteiger partial charge in [-0.25, -0.2) is 0 Å². The van der Waals surface area contributed by atoms with E-state index in [0.29, 0.717) is 30.4 Å². The topological polar surface area (TPSA) is 70.1 Å². The number of hydrogen-bond acceptors (Lipinski definition) is 5. The van der Waals surface area contributed by atoms with Crippen molar-refractivity contribution in [3.63, 3.8) is 0 Å². The molecule has 1 heterocycles. The molecular formula is C27H34N2O4. The van der Waals surface area contributed by atoms with Crippen molar-refractivity contribution in [1.29, 1.82) is 0 Å². The van der Waals surface area contributed by atoms with E-state index in [-0.39, 0.29) is 11.3 Å². The van der Waals surface area contributed by atoms with E-state index in [4.69, 9.17) is 4.74 Å². The molecule has 0 spiro atoms. The van der Waals surface area contributed by atoms with Crippen molar-refractivity contribution in [3.05, 3.63) is 70.8 Å². The summed E-state index contributed by atoms with van der Waals surface area (Å²) in [5.74, 6) is -0.284. The molecule has 1 fully saturated rings. The highest BCUT2D eigenvalue weighted by Crippen LogP contribution is 2.40. The number of amides is 1. The van der Waals surface area contributed by atoms with Crippen LogP contribution in [0.4, 0.5) is 0 Å². The van der Waals surface area contributed by atoms with Crippen LogP contribution in [0.5, 0.6) is 5.75 Å². The molecule has 176 valence electrons. The van der Waals surface area contributed by atoms with Gasteiger partial charge in [0.25, 0.3) is 11.7 Å². The highest BCUT2D eigenvalue weighted by molar-refractivity contribution is 6.46. The zero-order valence-electron chi connectivity index (χ0n) is 20.2. The minimum Gasteiger partial charge on any atom is -0.507 e. The molecule has 2 aromatic rings. The van der Waals surface area contributed by atoms with E-state index < -0.39 is 17.7 Å². The van der Waals surface area contributed by atoms with Crippen molar-refractivity contribution in [3.8, 4) is 5.75 Å². The fourth-order valence-corrected chi connectivity index (χ4v) is 4.01. The lowest BCUT2D eigenvalue weighted by atomic mass is 9.92. The Labute approximate surface area is 196 Å². The molecule has 1 N–H and O–H groups in total. The van der Waals surface area contributed by atoms with Gasteiger partial charge >= 0.3 is 0 Å². The average Bonchev–Trinajstić information content (AvgIpc) is 3.02. The fourth-order valence-electron chi connectivity index (χ4n) is 4.01. The van der Waals surface area contributed by atoms with Crippen LogP contribution in [0.2, 0.25) is 0 Å². The Balaban J connectivity index is 2.01. The number of carbonyl (C=O) groups is 2. The van der Waals surface area contributed by atoms with Crippen LogP contribution in [-0.2, 0) is 9.59 Å². The van der Waals surface area contributed by atoms with Crippen molar-refractivity contribution in [2.24, 2.45) is 5.92 Å². The van der Waals surface area contributed by atoms with E-state index in [0.717, 1.165) is 24.1 Å². The van der Waals surface area contributed by atoms with Gasteiger partial charge in [0, 0.05) is 12.1 Å². The smallest absolute Gasteiger partial charge is 0.295 e. The summed E-state index contributed by atoms with van der Waals surface area (Å²) >= 11 is 0. The van der Waals surface area contributed by atoms with Gasteiger partial charge in [-0.15, -0.1) is 0 Å². The zero-order chi connectivity index (χ0) is 24.1. The fraction of sp³-hybridized carbons (Fsp3) is 0.407. The minimum atomic E-state index is -0.647. The van der Waals surface area contributed by atoms with Crippen molar-refractivity contribution in [2.45, 2.75) is 33.2 Å². The van der Waals surface area contributed by atoms with Crippen LogP contribution < -0.4 is 4.74 Å². The molecular weight excluding hydrogens is 416 g/mol. The summed E-state index contributed by atoms with van der Waals surface area (Å²) in [6.07, 6.45) is 0.727. The maximum Gasteiger partial charge on any atom is 0.295 e. The number of aryl methyl sites for hydroxylation is 1. The van der Waals surface area contributed by atoms with Gasteiger partial charge < -0.3 is 19.6 Å². The number of aliphatic hydroxyl groups is 1. The van der Waals surface area contributed by atoms with Gasteiger partial charge in [-0.05, 0) is 75.3 Å². The highest BCUT2D eigenvalue weighted by Gasteiger charge is 2.46. The lowest BCUT2D eigenvalue weighted by Gasteiger charge is -2.27. The second kappa shape index (κ2) is 10.7. The van der Waals surface area contributed by atoms with Crippen molar-refractivity contribution < 1.29 is 19.4 Å². The molecule has 0 saturated carbocycles. The van der Waals surface area contributed by atoms with Gasteiger partial charge in [-0.1, -0.05) is 38.1 Å². The standard InChI is InChI=1S/C27H34N2O4/c1-18(2)17-33-21-13-11-20(12-14-21)25(30)23-24(22-10-7-6-9-19(22)3)29(27(32)26(23)31)16-8-15-28(4)5/h6-7,9-14,18,24,30H,8,15-17H2,1-5H3/b25-23-. The second-order valence-corrected chi connectivity index (χ2v) is 9.24. The van der Waals surface area contributed by atoms with Gasteiger partial charge in [0.2, 0.25) is 0 Å². The van der Waals surface area contributed by atoms with Crippen LogP contribution in [0.25, 0.3) is 5.76 Å². The minimum absolute atomic E-state index is 0.134. The SMILES string of the molecule is Cc1ccccc1C1/C(=C(/O)c2ccc(OCC(C)C)cc2)C(=O)C(=O)N1CCCN(C)C.